The maximum absolute atomic E-state index is 12.5. The van der Waals surface area contributed by atoms with Gasteiger partial charge in [-0.25, -0.2) is 14.2 Å². The summed E-state index contributed by atoms with van der Waals surface area (Å²) >= 11 is 0. The van der Waals surface area contributed by atoms with Gasteiger partial charge in [0.15, 0.2) is 5.65 Å². The van der Waals surface area contributed by atoms with Crippen molar-refractivity contribution in [2.45, 2.75) is 46.6 Å². The lowest BCUT2D eigenvalue weighted by molar-refractivity contribution is -0.116. The molecule has 3 rings (SSSR count). The van der Waals surface area contributed by atoms with Gasteiger partial charge in [-0.3, -0.25) is 4.79 Å². The molecule has 0 aromatic carbocycles. The normalized spacial score (nSPS) is 10.6. The molecule has 3 heterocycles. The van der Waals surface area contributed by atoms with Crippen molar-refractivity contribution in [3.05, 3.63) is 40.5 Å². The van der Waals surface area contributed by atoms with Gasteiger partial charge < -0.3 is 5.32 Å². The monoisotopic (exact) mass is 376 g/mol. The fourth-order valence-electron chi connectivity index (χ4n) is 3.17. The van der Waals surface area contributed by atoms with E-state index in [1.165, 1.54) is 6.20 Å². The fraction of sp³-hybridized carbons (Fsp3) is 0.368. The molecule has 0 spiro atoms. The minimum atomic E-state index is -0.143. The summed E-state index contributed by atoms with van der Waals surface area (Å²) in [5, 5.41) is 29.3. The number of aryl methyl sites for hydroxylation is 4. The summed E-state index contributed by atoms with van der Waals surface area (Å²) in [6.07, 6.45) is 2.59. The van der Waals surface area contributed by atoms with Crippen molar-refractivity contribution < 1.29 is 4.79 Å². The van der Waals surface area contributed by atoms with Crippen LogP contribution in [0.15, 0.2) is 12.3 Å². The Bertz CT molecular complexity index is 1130. The second kappa shape index (κ2) is 7.89. The molecule has 0 radical (unpaired) electrons. The van der Waals surface area contributed by atoms with Crippen LogP contribution in [-0.4, -0.2) is 30.3 Å². The van der Waals surface area contributed by atoms with Crippen molar-refractivity contribution in [2.24, 2.45) is 0 Å². The van der Waals surface area contributed by atoms with Crippen molar-refractivity contribution in [1.82, 2.24) is 24.4 Å². The van der Waals surface area contributed by atoms with Crippen LogP contribution in [-0.2, 0) is 17.8 Å². The van der Waals surface area contributed by atoms with Gasteiger partial charge in [0.1, 0.15) is 17.5 Å². The zero-order chi connectivity index (χ0) is 20.3. The number of anilines is 1. The van der Waals surface area contributed by atoms with Crippen molar-refractivity contribution in [2.75, 3.05) is 5.32 Å². The topological polar surface area (TPSA) is 125 Å². The van der Waals surface area contributed by atoms with E-state index in [0.29, 0.717) is 36.4 Å². The lowest BCUT2D eigenvalue weighted by atomic mass is 10.1. The van der Waals surface area contributed by atoms with Crippen LogP contribution < -0.4 is 5.32 Å². The molecule has 0 aliphatic heterocycles. The van der Waals surface area contributed by atoms with Crippen LogP contribution >= 0.6 is 0 Å². The Kier molecular flexibility index (Phi) is 5.37. The van der Waals surface area contributed by atoms with Crippen LogP contribution in [0.2, 0.25) is 0 Å². The van der Waals surface area contributed by atoms with Crippen molar-refractivity contribution in [3.8, 4) is 12.1 Å². The lowest BCUT2D eigenvalue weighted by Crippen LogP contribution is -2.17. The largest absolute Gasteiger partial charge is 0.311 e. The highest BCUT2D eigenvalue weighted by molar-refractivity contribution is 5.90. The fourth-order valence-corrected chi connectivity index (χ4v) is 3.17. The quantitative estimate of drug-likeness (QED) is 0.703. The van der Waals surface area contributed by atoms with Gasteiger partial charge in [-0.1, -0.05) is 0 Å². The number of nitrogens with one attached hydrogen (secondary N) is 1. The number of fused-ring (bicyclic) bond motifs is 1. The molecule has 142 valence electrons. The number of hydrogen-bond donors (Lipinski definition) is 1. The number of amides is 1. The molecule has 0 bridgehead atoms. The molecule has 9 nitrogen and oxygen atoms in total. The number of nitriles is 2. The molecule has 3 aromatic rings. The standard InChI is InChI=1S/C19H20N8O/c1-12-9-17(26(25-12)8-4-7-20)24-18(28)6-5-16-13(2)23-19-15(10-21)11-22-27(19)14(16)3/h9,11H,4-6,8H2,1-3H3,(H,24,28). The van der Waals surface area contributed by atoms with Gasteiger partial charge in [0.25, 0.3) is 0 Å². The number of hydrogen-bond acceptors (Lipinski definition) is 6. The minimum absolute atomic E-state index is 0.143. The average molecular weight is 376 g/mol. The molecule has 3 aromatic heterocycles. The molecule has 28 heavy (non-hydrogen) atoms. The summed E-state index contributed by atoms with van der Waals surface area (Å²) in [5.74, 6) is 0.445. The summed E-state index contributed by atoms with van der Waals surface area (Å²) in [7, 11) is 0. The molecule has 1 amide bonds. The van der Waals surface area contributed by atoms with Crippen LogP contribution in [0.5, 0.6) is 0 Å². The first-order chi connectivity index (χ1) is 13.4. The molecule has 0 aliphatic rings. The summed E-state index contributed by atoms with van der Waals surface area (Å²) in [6.45, 7) is 6.04. The van der Waals surface area contributed by atoms with Gasteiger partial charge in [0, 0.05) is 23.9 Å². The third-order valence-corrected chi connectivity index (χ3v) is 4.54. The Morgan fingerprint density at radius 2 is 2.07 bits per heavy atom. The van der Waals surface area contributed by atoms with Gasteiger partial charge in [0.2, 0.25) is 5.91 Å². The van der Waals surface area contributed by atoms with E-state index >= 15 is 0 Å². The van der Waals surface area contributed by atoms with Crippen LogP contribution in [0, 0.1) is 43.4 Å². The van der Waals surface area contributed by atoms with Gasteiger partial charge in [-0.15, -0.1) is 0 Å². The highest BCUT2D eigenvalue weighted by atomic mass is 16.1. The summed E-state index contributed by atoms with van der Waals surface area (Å²) in [6, 6.07) is 5.95. The molecule has 0 fully saturated rings. The van der Waals surface area contributed by atoms with E-state index in [2.05, 4.69) is 32.6 Å². The zero-order valence-corrected chi connectivity index (χ0v) is 16.0. The first kappa shape index (κ1) is 19.1. The number of carbonyl (C=O) groups excluding carboxylic acids is 1. The Labute approximate surface area is 162 Å². The summed E-state index contributed by atoms with van der Waals surface area (Å²) in [5.41, 5.74) is 4.32. The maximum Gasteiger partial charge on any atom is 0.225 e. The Morgan fingerprint density at radius 3 is 2.79 bits per heavy atom. The Hall–Kier alpha value is -3.72. The number of aromatic nitrogens is 5. The predicted octanol–water partition coefficient (Wildman–Crippen LogP) is 2.21. The molecule has 0 atom stereocenters. The highest BCUT2D eigenvalue weighted by Gasteiger charge is 2.15. The molecule has 0 saturated heterocycles. The summed E-state index contributed by atoms with van der Waals surface area (Å²) < 4.78 is 3.27. The smallest absolute Gasteiger partial charge is 0.225 e. The highest BCUT2D eigenvalue weighted by Crippen LogP contribution is 2.19. The van der Waals surface area contributed by atoms with Crippen LogP contribution in [0.1, 0.15) is 41.1 Å². The predicted molar refractivity (Wildman–Crippen MR) is 101 cm³/mol. The SMILES string of the molecule is Cc1cc(NC(=O)CCc2c(C)nc3c(C#N)cnn3c2C)n(CCC#N)n1. The molecular weight excluding hydrogens is 356 g/mol. The van der Waals surface area contributed by atoms with Gasteiger partial charge >= 0.3 is 0 Å². The van der Waals surface area contributed by atoms with E-state index < -0.39 is 0 Å². The van der Waals surface area contributed by atoms with E-state index in [1.807, 2.05) is 20.8 Å². The Morgan fingerprint density at radius 1 is 1.29 bits per heavy atom. The lowest BCUT2D eigenvalue weighted by Gasteiger charge is -2.11. The van der Waals surface area contributed by atoms with Gasteiger partial charge in [-0.05, 0) is 32.8 Å². The van der Waals surface area contributed by atoms with E-state index in [-0.39, 0.29) is 12.3 Å². The van der Waals surface area contributed by atoms with E-state index in [9.17, 15) is 4.79 Å². The van der Waals surface area contributed by atoms with Crippen molar-refractivity contribution in [1.29, 1.82) is 10.5 Å². The maximum atomic E-state index is 12.5. The average Bonchev–Trinajstić information content (AvgIpc) is 3.22. The third-order valence-electron chi connectivity index (χ3n) is 4.54. The van der Waals surface area contributed by atoms with Crippen molar-refractivity contribution in [3.63, 3.8) is 0 Å². The second-order valence-corrected chi connectivity index (χ2v) is 6.52. The molecule has 0 saturated carbocycles. The van der Waals surface area contributed by atoms with E-state index in [1.54, 1.807) is 15.3 Å². The van der Waals surface area contributed by atoms with Crippen molar-refractivity contribution >= 4 is 17.4 Å². The minimum Gasteiger partial charge on any atom is -0.311 e. The number of carbonyl (C=O) groups is 1. The molecular formula is C19H20N8O. The Balaban J connectivity index is 1.74. The van der Waals surface area contributed by atoms with Crippen LogP contribution in [0.4, 0.5) is 5.82 Å². The second-order valence-electron chi connectivity index (χ2n) is 6.52. The molecule has 9 heteroatoms. The first-order valence-electron chi connectivity index (χ1n) is 8.89. The number of nitrogens with zero attached hydrogens (tertiary/aromatic N) is 7. The summed E-state index contributed by atoms with van der Waals surface area (Å²) in [4.78, 5) is 16.9. The third kappa shape index (κ3) is 3.69. The molecule has 1 N–H and O–H groups in total. The molecule has 0 aliphatic carbocycles. The molecule has 0 unspecified atom stereocenters. The number of rotatable bonds is 6. The van der Waals surface area contributed by atoms with E-state index in [0.717, 1.165) is 22.6 Å². The van der Waals surface area contributed by atoms with Crippen LogP contribution in [0.3, 0.4) is 0 Å². The van der Waals surface area contributed by atoms with Crippen LogP contribution in [0.25, 0.3) is 5.65 Å². The first-order valence-corrected chi connectivity index (χ1v) is 8.89. The van der Waals surface area contributed by atoms with Gasteiger partial charge in [0.05, 0.1) is 30.9 Å². The zero-order valence-electron chi connectivity index (χ0n) is 16.0. The van der Waals surface area contributed by atoms with E-state index in [4.69, 9.17) is 10.5 Å². The van der Waals surface area contributed by atoms with Gasteiger partial charge in [-0.2, -0.15) is 20.7 Å².